The first kappa shape index (κ1) is 20.1. The van der Waals surface area contributed by atoms with Gasteiger partial charge in [0.15, 0.2) is 0 Å². The molecule has 0 atom stereocenters. The Morgan fingerprint density at radius 3 is 2.38 bits per heavy atom. The molecule has 2 heterocycles. The van der Waals surface area contributed by atoms with Gasteiger partial charge in [0.1, 0.15) is 5.75 Å². The lowest BCUT2D eigenvalue weighted by molar-refractivity contribution is -0.197. The van der Waals surface area contributed by atoms with Gasteiger partial charge in [0, 0.05) is 5.41 Å². The maximum atomic E-state index is 12.4. The summed E-state index contributed by atoms with van der Waals surface area (Å²) in [4.78, 5) is 11.3. The molecule has 7 heteroatoms. The second-order valence-electron chi connectivity index (χ2n) is 8.12. The highest BCUT2D eigenvalue weighted by Gasteiger charge is 2.51. The summed E-state index contributed by atoms with van der Waals surface area (Å²) in [6, 6.07) is 15.9. The van der Waals surface area contributed by atoms with Crippen molar-refractivity contribution in [2.45, 2.75) is 37.0 Å². The molecule has 3 aliphatic rings. The SMILES string of the molecule is O=C(O)c1cccc(C23CCC(COS(=O)(=O)Cc4ccccc4)(CC2)CO3)c1. The van der Waals surface area contributed by atoms with Crippen LogP contribution < -0.4 is 0 Å². The first-order valence-corrected chi connectivity index (χ1v) is 11.3. The third-order valence-electron chi connectivity index (χ3n) is 6.14. The maximum absolute atomic E-state index is 12.4. The standard InChI is InChI=1S/C22H24O6S/c23-20(24)18-7-4-8-19(13-18)22-11-9-21(10-12-22,15-27-22)16-28-29(25,26)14-17-5-2-1-3-6-17/h1-8,13H,9-12,14-16H2,(H,23,24). The van der Waals surface area contributed by atoms with Crippen molar-refractivity contribution in [2.24, 2.45) is 5.41 Å². The van der Waals surface area contributed by atoms with E-state index in [1.165, 1.54) is 0 Å². The fourth-order valence-electron chi connectivity index (χ4n) is 4.29. The van der Waals surface area contributed by atoms with Gasteiger partial charge in [0.25, 0.3) is 10.1 Å². The van der Waals surface area contributed by atoms with Crippen molar-refractivity contribution in [3.8, 4) is 0 Å². The quantitative estimate of drug-likeness (QED) is 0.692. The Morgan fingerprint density at radius 1 is 1.03 bits per heavy atom. The molecule has 1 N–H and O–H groups in total. The van der Waals surface area contributed by atoms with Crippen LogP contribution in [0.2, 0.25) is 0 Å². The summed E-state index contributed by atoms with van der Waals surface area (Å²) in [5.74, 6) is -1.10. The molecule has 0 radical (unpaired) electrons. The van der Waals surface area contributed by atoms with E-state index in [1.807, 2.05) is 12.1 Å². The van der Waals surface area contributed by atoms with Gasteiger partial charge in [-0.05, 0) is 48.9 Å². The lowest BCUT2D eigenvalue weighted by Gasteiger charge is -2.53. The third-order valence-corrected chi connectivity index (χ3v) is 7.30. The molecular formula is C22H24O6S. The van der Waals surface area contributed by atoms with Crippen LogP contribution in [0.25, 0.3) is 0 Å². The number of ether oxygens (including phenoxy) is 1. The predicted octanol–water partition coefficient (Wildman–Crippen LogP) is 3.72. The second kappa shape index (κ2) is 7.55. The Morgan fingerprint density at radius 2 is 1.76 bits per heavy atom. The van der Waals surface area contributed by atoms with E-state index in [0.717, 1.165) is 31.2 Å². The maximum Gasteiger partial charge on any atom is 0.335 e. The molecule has 29 heavy (non-hydrogen) atoms. The topological polar surface area (TPSA) is 89.9 Å². The van der Waals surface area contributed by atoms with Crippen LogP contribution in [0, 0.1) is 5.41 Å². The molecule has 2 aliphatic heterocycles. The average Bonchev–Trinajstić information content (AvgIpc) is 2.74. The largest absolute Gasteiger partial charge is 0.478 e. The summed E-state index contributed by atoms with van der Waals surface area (Å²) in [6.07, 6.45) is 3.01. The fraction of sp³-hybridized carbons (Fsp3) is 0.409. The highest BCUT2D eigenvalue weighted by molar-refractivity contribution is 7.85. The number of hydrogen-bond acceptors (Lipinski definition) is 5. The highest BCUT2D eigenvalue weighted by Crippen LogP contribution is 2.53. The Bertz CT molecular complexity index is 974. The number of carbonyl (C=O) groups is 1. The van der Waals surface area contributed by atoms with Crippen molar-refractivity contribution in [1.29, 1.82) is 0 Å². The molecule has 6 nitrogen and oxygen atoms in total. The molecule has 5 rings (SSSR count). The van der Waals surface area contributed by atoms with Crippen LogP contribution in [0.1, 0.15) is 47.2 Å². The van der Waals surface area contributed by atoms with Crippen LogP contribution in [-0.2, 0) is 30.4 Å². The minimum Gasteiger partial charge on any atom is -0.478 e. The van der Waals surface area contributed by atoms with Crippen LogP contribution in [0.4, 0.5) is 0 Å². The monoisotopic (exact) mass is 416 g/mol. The van der Waals surface area contributed by atoms with Gasteiger partial charge in [-0.1, -0.05) is 42.5 Å². The minimum atomic E-state index is -3.67. The third kappa shape index (κ3) is 4.22. The van der Waals surface area contributed by atoms with Gasteiger partial charge in [-0.3, -0.25) is 4.18 Å². The molecule has 1 saturated carbocycles. The number of fused-ring (bicyclic) bond motifs is 3. The van der Waals surface area contributed by atoms with Crippen LogP contribution in [0.5, 0.6) is 0 Å². The molecule has 2 aromatic rings. The molecule has 2 bridgehead atoms. The molecule has 3 fully saturated rings. The molecule has 1 aliphatic carbocycles. The van der Waals surface area contributed by atoms with Gasteiger partial charge < -0.3 is 9.84 Å². The zero-order chi connectivity index (χ0) is 20.5. The lowest BCUT2D eigenvalue weighted by Crippen LogP contribution is -2.51. The number of hydrogen-bond donors (Lipinski definition) is 1. The van der Waals surface area contributed by atoms with E-state index in [9.17, 15) is 18.3 Å². The molecule has 0 aromatic heterocycles. The van der Waals surface area contributed by atoms with Crippen molar-refractivity contribution in [2.75, 3.05) is 13.2 Å². The summed E-state index contributed by atoms with van der Waals surface area (Å²) >= 11 is 0. The van der Waals surface area contributed by atoms with Crippen molar-refractivity contribution in [3.63, 3.8) is 0 Å². The summed E-state index contributed by atoms with van der Waals surface area (Å²) in [6.45, 7) is 0.526. The predicted molar refractivity (Wildman–Crippen MR) is 107 cm³/mol. The van der Waals surface area contributed by atoms with Crippen LogP contribution >= 0.6 is 0 Å². The van der Waals surface area contributed by atoms with Crippen molar-refractivity contribution in [3.05, 3.63) is 71.3 Å². The number of benzene rings is 2. The van der Waals surface area contributed by atoms with E-state index >= 15 is 0 Å². The van der Waals surface area contributed by atoms with Crippen LogP contribution in [-0.4, -0.2) is 32.7 Å². The summed E-state index contributed by atoms with van der Waals surface area (Å²) in [7, 11) is -3.67. The molecular weight excluding hydrogens is 392 g/mol. The Labute approximate surface area is 170 Å². The highest BCUT2D eigenvalue weighted by atomic mass is 32.2. The van der Waals surface area contributed by atoms with Gasteiger partial charge in [-0.25, -0.2) is 4.79 Å². The van der Waals surface area contributed by atoms with Gasteiger partial charge in [0.2, 0.25) is 0 Å². The number of carboxylic acid groups (broad SMARTS) is 1. The normalized spacial score (nSPS) is 26.3. The van der Waals surface area contributed by atoms with Crippen LogP contribution in [0.3, 0.4) is 0 Å². The summed E-state index contributed by atoms with van der Waals surface area (Å²) in [5, 5.41) is 9.25. The number of aromatic carboxylic acids is 1. The zero-order valence-electron chi connectivity index (χ0n) is 16.0. The van der Waals surface area contributed by atoms with Gasteiger partial charge in [-0.2, -0.15) is 8.42 Å². The fourth-order valence-corrected chi connectivity index (χ4v) is 5.41. The van der Waals surface area contributed by atoms with E-state index in [1.54, 1.807) is 42.5 Å². The minimum absolute atomic E-state index is 0.118. The summed E-state index contributed by atoms with van der Waals surface area (Å²) < 4.78 is 36.4. The summed E-state index contributed by atoms with van der Waals surface area (Å²) in [5.41, 5.74) is 1.03. The molecule has 2 saturated heterocycles. The van der Waals surface area contributed by atoms with Crippen molar-refractivity contribution in [1.82, 2.24) is 0 Å². The van der Waals surface area contributed by atoms with E-state index in [4.69, 9.17) is 8.92 Å². The smallest absolute Gasteiger partial charge is 0.335 e. The molecule has 0 spiro atoms. The zero-order valence-corrected chi connectivity index (χ0v) is 16.9. The molecule has 2 aromatic carbocycles. The van der Waals surface area contributed by atoms with E-state index in [-0.39, 0.29) is 23.3 Å². The van der Waals surface area contributed by atoms with Crippen molar-refractivity contribution >= 4 is 16.1 Å². The van der Waals surface area contributed by atoms with E-state index in [0.29, 0.717) is 12.2 Å². The number of rotatable bonds is 7. The molecule has 154 valence electrons. The molecule has 0 amide bonds. The Hall–Kier alpha value is -2.22. The van der Waals surface area contributed by atoms with E-state index in [2.05, 4.69) is 0 Å². The lowest BCUT2D eigenvalue weighted by atomic mass is 9.64. The van der Waals surface area contributed by atoms with Gasteiger partial charge in [0.05, 0.1) is 24.4 Å². The Balaban J connectivity index is 1.41. The van der Waals surface area contributed by atoms with E-state index < -0.39 is 21.7 Å². The molecule has 0 unspecified atom stereocenters. The number of carboxylic acids is 1. The van der Waals surface area contributed by atoms with Crippen LogP contribution in [0.15, 0.2) is 54.6 Å². The van der Waals surface area contributed by atoms with Gasteiger partial charge in [-0.15, -0.1) is 0 Å². The Kier molecular flexibility index (Phi) is 5.23. The average molecular weight is 416 g/mol. The van der Waals surface area contributed by atoms with Crippen molar-refractivity contribution < 1.29 is 27.2 Å². The first-order chi connectivity index (χ1) is 13.8. The second-order valence-corrected chi connectivity index (χ2v) is 9.76. The van der Waals surface area contributed by atoms with Gasteiger partial charge >= 0.3 is 5.97 Å². The first-order valence-electron chi connectivity index (χ1n) is 9.70.